The summed E-state index contributed by atoms with van der Waals surface area (Å²) in [6.07, 6.45) is 0. The first-order valence-corrected chi connectivity index (χ1v) is 7.45. The molecule has 3 N–H and O–H groups in total. The zero-order chi connectivity index (χ0) is 15.2. The molecule has 3 aromatic heterocycles. The summed E-state index contributed by atoms with van der Waals surface area (Å²) in [4.78, 5) is 6.81. The standard InChI is InChI=1S/C18H13N5/c1-3-7-13-11(5-1)9-15(19-13)17-18(22-23-21-17)16-10-12-6-2-4-8-14(12)20-16/h1-10,19-20H,(H,21,22,23). The highest BCUT2D eigenvalue weighted by Gasteiger charge is 2.16. The second-order valence-corrected chi connectivity index (χ2v) is 5.56. The van der Waals surface area contributed by atoms with E-state index >= 15 is 0 Å². The van der Waals surface area contributed by atoms with Gasteiger partial charge >= 0.3 is 0 Å². The summed E-state index contributed by atoms with van der Waals surface area (Å²) in [6.45, 7) is 0. The molecule has 0 atom stereocenters. The molecule has 0 unspecified atom stereocenters. The van der Waals surface area contributed by atoms with E-state index in [1.165, 1.54) is 0 Å². The number of benzene rings is 2. The van der Waals surface area contributed by atoms with Gasteiger partial charge in [0.2, 0.25) is 0 Å². The molecule has 5 rings (SSSR count). The highest BCUT2D eigenvalue weighted by atomic mass is 15.3. The maximum absolute atomic E-state index is 4.34. The Bertz CT molecular complexity index is 974. The van der Waals surface area contributed by atoms with E-state index in [0.717, 1.165) is 44.6 Å². The molecule has 0 aliphatic rings. The van der Waals surface area contributed by atoms with Crippen LogP contribution in [0.2, 0.25) is 0 Å². The maximum atomic E-state index is 4.34. The first-order chi connectivity index (χ1) is 11.4. The lowest BCUT2D eigenvalue weighted by atomic mass is 10.2. The van der Waals surface area contributed by atoms with E-state index in [1.807, 2.05) is 24.3 Å². The van der Waals surface area contributed by atoms with Gasteiger partial charge in [0.15, 0.2) is 0 Å². The van der Waals surface area contributed by atoms with Crippen LogP contribution in [0.4, 0.5) is 0 Å². The maximum Gasteiger partial charge on any atom is 0.138 e. The predicted molar refractivity (Wildman–Crippen MR) is 91.0 cm³/mol. The number of fused-ring (bicyclic) bond motifs is 2. The average Bonchev–Trinajstić information content (AvgIpc) is 3.30. The van der Waals surface area contributed by atoms with Crippen LogP contribution in [0, 0.1) is 0 Å². The lowest BCUT2D eigenvalue weighted by molar-refractivity contribution is 0.942. The van der Waals surface area contributed by atoms with Gasteiger partial charge in [-0.15, -0.1) is 0 Å². The monoisotopic (exact) mass is 299 g/mol. The molecule has 0 bridgehead atoms. The number of aromatic nitrogens is 5. The lowest BCUT2D eigenvalue weighted by Crippen LogP contribution is -1.83. The van der Waals surface area contributed by atoms with E-state index in [9.17, 15) is 0 Å². The molecule has 0 saturated carbocycles. The Hall–Kier alpha value is -3.34. The van der Waals surface area contributed by atoms with Crippen LogP contribution in [0.3, 0.4) is 0 Å². The van der Waals surface area contributed by atoms with Gasteiger partial charge in [0.1, 0.15) is 11.4 Å². The molecule has 23 heavy (non-hydrogen) atoms. The molecule has 0 fully saturated rings. The number of para-hydroxylation sites is 2. The molecule has 0 aliphatic carbocycles. The normalized spacial score (nSPS) is 11.5. The number of hydrogen-bond donors (Lipinski definition) is 3. The SMILES string of the molecule is c1ccc2[nH]c(-c3n[nH]nc3-c3cc4ccccc4[nH]3)cc2c1. The quantitative estimate of drug-likeness (QED) is 0.459. The molecule has 0 spiro atoms. The van der Waals surface area contributed by atoms with Gasteiger partial charge in [-0.2, -0.15) is 15.4 Å². The largest absolute Gasteiger partial charge is 0.353 e. The van der Waals surface area contributed by atoms with E-state index in [1.54, 1.807) is 0 Å². The van der Waals surface area contributed by atoms with Crippen LogP contribution in [0.1, 0.15) is 0 Å². The highest BCUT2D eigenvalue weighted by Crippen LogP contribution is 2.31. The van der Waals surface area contributed by atoms with Crippen molar-refractivity contribution in [3.05, 3.63) is 60.7 Å². The molecular formula is C18H13N5. The summed E-state index contributed by atoms with van der Waals surface area (Å²) in [5, 5.41) is 13.7. The van der Waals surface area contributed by atoms with Crippen molar-refractivity contribution in [2.75, 3.05) is 0 Å². The molecule has 5 nitrogen and oxygen atoms in total. The van der Waals surface area contributed by atoms with Gasteiger partial charge in [0.05, 0.1) is 11.4 Å². The zero-order valence-electron chi connectivity index (χ0n) is 12.2. The third-order valence-corrected chi connectivity index (χ3v) is 4.12. The van der Waals surface area contributed by atoms with Crippen molar-refractivity contribution < 1.29 is 0 Å². The molecule has 5 aromatic rings. The van der Waals surface area contributed by atoms with Crippen molar-refractivity contribution in [3.63, 3.8) is 0 Å². The number of nitrogens with zero attached hydrogens (tertiary/aromatic N) is 2. The van der Waals surface area contributed by atoms with Crippen LogP contribution in [0.5, 0.6) is 0 Å². The van der Waals surface area contributed by atoms with Gasteiger partial charge in [0.25, 0.3) is 0 Å². The fraction of sp³-hybridized carbons (Fsp3) is 0. The van der Waals surface area contributed by atoms with Gasteiger partial charge < -0.3 is 9.97 Å². The average molecular weight is 299 g/mol. The van der Waals surface area contributed by atoms with Crippen LogP contribution < -0.4 is 0 Å². The number of nitrogens with one attached hydrogen (secondary N) is 3. The summed E-state index contributed by atoms with van der Waals surface area (Å²) >= 11 is 0. The van der Waals surface area contributed by atoms with E-state index in [0.29, 0.717) is 0 Å². The van der Waals surface area contributed by atoms with Crippen molar-refractivity contribution in [2.24, 2.45) is 0 Å². The predicted octanol–water partition coefficient (Wildman–Crippen LogP) is 4.10. The number of H-pyrrole nitrogens is 3. The molecule has 110 valence electrons. The molecular weight excluding hydrogens is 286 g/mol. The number of aromatic amines is 3. The molecule has 0 saturated heterocycles. The van der Waals surface area contributed by atoms with Crippen LogP contribution >= 0.6 is 0 Å². The number of hydrogen-bond acceptors (Lipinski definition) is 2. The van der Waals surface area contributed by atoms with Crippen molar-refractivity contribution in [2.45, 2.75) is 0 Å². The minimum absolute atomic E-state index is 0.813. The summed E-state index contributed by atoms with van der Waals surface area (Å²) in [6, 6.07) is 20.6. The second kappa shape index (κ2) is 4.58. The Morgan fingerprint density at radius 2 is 1.09 bits per heavy atom. The Morgan fingerprint density at radius 3 is 1.57 bits per heavy atom. The first-order valence-electron chi connectivity index (χ1n) is 7.45. The van der Waals surface area contributed by atoms with Crippen molar-refractivity contribution in [3.8, 4) is 22.8 Å². The molecule has 2 aromatic carbocycles. The Labute approximate surface area is 131 Å². The van der Waals surface area contributed by atoms with Crippen LogP contribution in [-0.4, -0.2) is 25.4 Å². The van der Waals surface area contributed by atoms with Crippen molar-refractivity contribution in [1.82, 2.24) is 25.4 Å². The van der Waals surface area contributed by atoms with E-state index in [2.05, 4.69) is 61.8 Å². The molecule has 0 radical (unpaired) electrons. The van der Waals surface area contributed by atoms with Gasteiger partial charge in [-0.3, -0.25) is 0 Å². The molecule has 3 heterocycles. The summed E-state index contributed by atoms with van der Waals surface area (Å²) in [5.74, 6) is 0. The van der Waals surface area contributed by atoms with E-state index in [4.69, 9.17) is 0 Å². The minimum atomic E-state index is 0.813. The minimum Gasteiger partial charge on any atom is -0.353 e. The van der Waals surface area contributed by atoms with Crippen LogP contribution in [-0.2, 0) is 0 Å². The van der Waals surface area contributed by atoms with Crippen molar-refractivity contribution >= 4 is 21.8 Å². The molecule has 0 amide bonds. The summed E-state index contributed by atoms with van der Waals surface area (Å²) in [7, 11) is 0. The van der Waals surface area contributed by atoms with E-state index in [-0.39, 0.29) is 0 Å². The van der Waals surface area contributed by atoms with Gasteiger partial charge in [-0.05, 0) is 24.3 Å². The Morgan fingerprint density at radius 1 is 0.609 bits per heavy atom. The topological polar surface area (TPSA) is 73.2 Å². The Balaban J connectivity index is 1.69. The fourth-order valence-corrected chi connectivity index (χ4v) is 3.01. The third kappa shape index (κ3) is 1.87. The van der Waals surface area contributed by atoms with Gasteiger partial charge in [0, 0.05) is 21.8 Å². The summed E-state index contributed by atoms with van der Waals surface area (Å²) < 4.78 is 0. The second-order valence-electron chi connectivity index (χ2n) is 5.56. The van der Waals surface area contributed by atoms with E-state index < -0.39 is 0 Å². The highest BCUT2D eigenvalue weighted by molar-refractivity contribution is 5.90. The molecule has 5 heteroatoms. The summed E-state index contributed by atoms with van der Waals surface area (Å²) in [5.41, 5.74) is 5.71. The third-order valence-electron chi connectivity index (χ3n) is 4.12. The van der Waals surface area contributed by atoms with Gasteiger partial charge in [-0.25, -0.2) is 0 Å². The van der Waals surface area contributed by atoms with Gasteiger partial charge in [-0.1, -0.05) is 36.4 Å². The smallest absolute Gasteiger partial charge is 0.138 e. The van der Waals surface area contributed by atoms with Crippen LogP contribution in [0.15, 0.2) is 60.7 Å². The zero-order valence-corrected chi connectivity index (χ0v) is 12.2. The lowest BCUT2D eigenvalue weighted by Gasteiger charge is -1.95. The first kappa shape index (κ1) is 12.2. The Kier molecular flexibility index (Phi) is 2.43. The van der Waals surface area contributed by atoms with Crippen molar-refractivity contribution in [1.29, 1.82) is 0 Å². The fourth-order valence-electron chi connectivity index (χ4n) is 3.01. The van der Waals surface area contributed by atoms with Crippen LogP contribution in [0.25, 0.3) is 44.6 Å². The number of rotatable bonds is 2. The molecule has 0 aliphatic heterocycles.